The number of benzene rings is 1. The summed E-state index contributed by atoms with van der Waals surface area (Å²) in [6, 6.07) is 0.300. The summed E-state index contributed by atoms with van der Waals surface area (Å²) in [5.41, 5.74) is -3.24. The van der Waals surface area contributed by atoms with Crippen molar-refractivity contribution in [1.82, 2.24) is 0 Å². The van der Waals surface area contributed by atoms with Crippen molar-refractivity contribution < 1.29 is 40.3 Å². The minimum atomic E-state index is -5.03. The van der Waals surface area contributed by atoms with Gasteiger partial charge in [0.15, 0.2) is 5.75 Å². The molecular weight excluding hydrogens is 289 g/mol. The van der Waals surface area contributed by atoms with Gasteiger partial charge < -0.3 is 0 Å². The Balaban J connectivity index is 3.34. The highest BCUT2D eigenvalue weighted by Gasteiger charge is 2.38. The van der Waals surface area contributed by atoms with E-state index in [-0.39, 0.29) is 18.2 Å². The molecule has 0 saturated carbocycles. The first-order chi connectivity index (χ1) is 8.00. The van der Waals surface area contributed by atoms with Crippen molar-refractivity contribution in [3.8, 4) is 5.75 Å². The van der Waals surface area contributed by atoms with E-state index in [2.05, 4.69) is 4.52 Å². The average molecular weight is 293 g/mol. The van der Waals surface area contributed by atoms with Crippen LogP contribution in [0, 0.1) is 0 Å². The molecule has 0 amide bonds. The Morgan fingerprint density at radius 1 is 0.944 bits per heavy atom. The molecule has 1 N–H and O–H groups in total. The van der Waals surface area contributed by atoms with Crippen LogP contribution < -0.4 is 4.52 Å². The SMILES string of the molecule is O=[P+](O)Oc1cc(C(F)(F)F)cc(C(F)(F)F)c1. The van der Waals surface area contributed by atoms with Gasteiger partial charge in [-0.2, -0.15) is 26.3 Å². The van der Waals surface area contributed by atoms with E-state index < -0.39 is 37.5 Å². The van der Waals surface area contributed by atoms with Gasteiger partial charge in [0, 0.05) is 4.57 Å². The molecule has 3 nitrogen and oxygen atoms in total. The normalized spacial score (nSPS) is 13.4. The quantitative estimate of drug-likeness (QED) is 0.667. The van der Waals surface area contributed by atoms with Crippen LogP contribution in [0.15, 0.2) is 18.2 Å². The van der Waals surface area contributed by atoms with E-state index in [9.17, 15) is 30.9 Å². The zero-order valence-corrected chi connectivity index (χ0v) is 9.11. The second kappa shape index (κ2) is 4.74. The van der Waals surface area contributed by atoms with Gasteiger partial charge in [0.2, 0.25) is 0 Å². The van der Waals surface area contributed by atoms with E-state index in [0.717, 1.165) is 0 Å². The fourth-order valence-electron chi connectivity index (χ4n) is 1.07. The first kappa shape index (κ1) is 14.7. The van der Waals surface area contributed by atoms with E-state index in [1.54, 1.807) is 0 Å². The minimum absolute atomic E-state index is 0.114. The largest absolute Gasteiger partial charge is 0.747 e. The van der Waals surface area contributed by atoms with Crippen molar-refractivity contribution in [3.05, 3.63) is 29.3 Å². The van der Waals surface area contributed by atoms with Gasteiger partial charge in [-0.05, 0) is 18.2 Å². The summed E-state index contributed by atoms with van der Waals surface area (Å²) in [6.07, 6.45) is -10.1. The molecule has 0 radical (unpaired) electrons. The lowest BCUT2D eigenvalue weighted by Crippen LogP contribution is -2.10. The van der Waals surface area contributed by atoms with E-state index in [0.29, 0.717) is 0 Å². The maximum atomic E-state index is 12.3. The number of halogens is 6. The lowest BCUT2D eigenvalue weighted by Gasteiger charge is -2.11. The molecule has 0 aliphatic rings. The van der Waals surface area contributed by atoms with E-state index in [1.807, 2.05) is 0 Å². The molecule has 1 rings (SSSR count). The van der Waals surface area contributed by atoms with Crippen LogP contribution >= 0.6 is 8.25 Å². The van der Waals surface area contributed by atoms with Crippen LogP contribution in [-0.4, -0.2) is 4.89 Å². The Bertz CT molecular complexity index is 435. The number of hydrogen-bond acceptors (Lipinski definition) is 2. The van der Waals surface area contributed by atoms with Gasteiger partial charge in [-0.1, -0.05) is 0 Å². The molecule has 0 fully saturated rings. The molecule has 18 heavy (non-hydrogen) atoms. The van der Waals surface area contributed by atoms with Crippen LogP contribution in [0.4, 0.5) is 26.3 Å². The molecule has 0 aliphatic carbocycles. The first-order valence-corrected chi connectivity index (χ1v) is 5.27. The summed E-state index contributed by atoms with van der Waals surface area (Å²) in [6.45, 7) is 0. The highest BCUT2D eigenvalue weighted by molar-refractivity contribution is 7.32. The summed E-state index contributed by atoms with van der Waals surface area (Å²) < 4.78 is 88.1. The Hall–Kier alpha value is -1.34. The lowest BCUT2D eigenvalue weighted by atomic mass is 10.1. The fourth-order valence-corrected chi connectivity index (χ4v) is 1.36. The molecule has 100 valence electrons. The topological polar surface area (TPSA) is 46.5 Å². The van der Waals surface area contributed by atoms with E-state index >= 15 is 0 Å². The smallest absolute Gasteiger partial charge is 0.229 e. The number of rotatable bonds is 2. The molecule has 10 heteroatoms. The zero-order valence-electron chi connectivity index (χ0n) is 8.21. The van der Waals surface area contributed by atoms with Gasteiger partial charge in [-0.25, -0.2) is 4.52 Å². The molecule has 0 heterocycles. The van der Waals surface area contributed by atoms with Crippen LogP contribution in [0.1, 0.15) is 11.1 Å². The van der Waals surface area contributed by atoms with E-state index in [4.69, 9.17) is 4.89 Å². The van der Waals surface area contributed by atoms with Crippen LogP contribution in [0.5, 0.6) is 5.75 Å². The number of hydrogen-bond donors (Lipinski definition) is 1. The molecule has 1 unspecified atom stereocenters. The third kappa shape index (κ3) is 3.85. The molecule has 1 aromatic rings. The second-order valence-electron chi connectivity index (χ2n) is 3.07. The Morgan fingerprint density at radius 2 is 1.33 bits per heavy atom. The first-order valence-electron chi connectivity index (χ1n) is 4.14. The van der Waals surface area contributed by atoms with Gasteiger partial charge in [0.05, 0.1) is 11.1 Å². The van der Waals surface area contributed by atoms with Crippen molar-refractivity contribution in [1.29, 1.82) is 0 Å². The predicted molar refractivity (Wildman–Crippen MR) is 46.9 cm³/mol. The van der Waals surface area contributed by atoms with Gasteiger partial charge in [0.1, 0.15) is 0 Å². The Labute approximate surface area is 96.9 Å². The highest BCUT2D eigenvalue weighted by Crippen LogP contribution is 2.39. The predicted octanol–water partition coefficient (Wildman–Crippen LogP) is 3.75. The van der Waals surface area contributed by atoms with Gasteiger partial charge in [-0.15, -0.1) is 4.89 Å². The maximum Gasteiger partial charge on any atom is 0.747 e. The molecule has 1 atom stereocenters. The third-order valence-corrected chi connectivity index (χ3v) is 2.11. The lowest BCUT2D eigenvalue weighted by molar-refractivity contribution is -0.143. The average Bonchev–Trinajstić information content (AvgIpc) is 2.13. The molecule has 0 aliphatic heterocycles. The summed E-state index contributed by atoms with van der Waals surface area (Å²) in [5.74, 6) is -0.985. The Morgan fingerprint density at radius 3 is 1.61 bits per heavy atom. The zero-order chi connectivity index (χ0) is 14.1. The van der Waals surface area contributed by atoms with Crippen LogP contribution in [0.2, 0.25) is 0 Å². The summed E-state index contributed by atoms with van der Waals surface area (Å²) >= 11 is 0. The monoisotopic (exact) mass is 293 g/mol. The minimum Gasteiger partial charge on any atom is -0.229 e. The molecule has 0 saturated heterocycles. The maximum absolute atomic E-state index is 12.3. The fraction of sp³-hybridized carbons (Fsp3) is 0.250. The van der Waals surface area contributed by atoms with E-state index in [1.165, 1.54) is 0 Å². The summed E-state index contributed by atoms with van der Waals surface area (Å²) in [5, 5.41) is 0. The van der Waals surface area contributed by atoms with Crippen LogP contribution in [-0.2, 0) is 16.9 Å². The van der Waals surface area contributed by atoms with Crippen LogP contribution in [0.3, 0.4) is 0 Å². The standard InChI is InChI=1S/C8H3F6O3P/c9-7(10,11)4-1-5(8(12,13)14)3-6(2-4)17-18(15)16/h1-3H/p+1. The number of alkyl halides is 6. The van der Waals surface area contributed by atoms with Crippen molar-refractivity contribution in [3.63, 3.8) is 0 Å². The van der Waals surface area contributed by atoms with Crippen molar-refractivity contribution in [2.75, 3.05) is 0 Å². The Kier molecular flexibility index (Phi) is 3.87. The molecule has 0 bridgehead atoms. The van der Waals surface area contributed by atoms with Crippen molar-refractivity contribution in [2.45, 2.75) is 12.4 Å². The molecule has 0 spiro atoms. The second-order valence-corrected chi connectivity index (χ2v) is 3.73. The molecule has 0 aromatic heterocycles. The van der Waals surface area contributed by atoms with Gasteiger partial charge in [-0.3, -0.25) is 0 Å². The van der Waals surface area contributed by atoms with Gasteiger partial charge >= 0.3 is 20.6 Å². The summed E-state index contributed by atoms with van der Waals surface area (Å²) in [7, 11) is -3.36. The molecular formula is C8H4F6O3P+. The summed E-state index contributed by atoms with van der Waals surface area (Å²) in [4.78, 5) is 8.32. The van der Waals surface area contributed by atoms with Gasteiger partial charge in [0.25, 0.3) is 0 Å². The third-order valence-electron chi connectivity index (χ3n) is 1.74. The van der Waals surface area contributed by atoms with Crippen LogP contribution in [0.25, 0.3) is 0 Å². The van der Waals surface area contributed by atoms with Crippen molar-refractivity contribution in [2.24, 2.45) is 0 Å². The highest BCUT2D eigenvalue weighted by atomic mass is 31.1. The van der Waals surface area contributed by atoms with Crippen molar-refractivity contribution >= 4 is 8.25 Å². The molecule has 1 aromatic carbocycles.